The summed E-state index contributed by atoms with van der Waals surface area (Å²) in [4.78, 5) is 0.100. The zero-order valence-corrected chi connectivity index (χ0v) is 12.5. The molecular formula is C11H16BrNO4S. The molecule has 1 fully saturated rings. The van der Waals surface area contributed by atoms with Crippen LogP contribution in [-0.2, 0) is 16.6 Å². The highest BCUT2D eigenvalue weighted by Gasteiger charge is 2.34. The molecule has 1 unspecified atom stereocenters. The van der Waals surface area contributed by atoms with Gasteiger partial charge in [-0.1, -0.05) is 13.3 Å². The van der Waals surface area contributed by atoms with Crippen LogP contribution in [0.25, 0.3) is 0 Å². The number of hydrogen-bond donors (Lipinski definition) is 1. The van der Waals surface area contributed by atoms with Crippen molar-refractivity contribution in [2.24, 2.45) is 5.92 Å². The molecule has 1 atom stereocenters. The van der Waals surface area contributed by atoms with Gasteiger partial charge in [-0.05, 0) is 28.3 Å². The van der Waals surface area contributed by atoms with E-state index in [1.807, 2.05) is 0 Å². The Kier molecular flexibility index (Phi) is 4.15. The molecule has 1 aromatic heterocycles. The number of aliphatic hydroxyl groups is 1. The Bertz CT molecular complexity index is 525. The highest BCUT2D eigenvalue weighted by molar-refractivity contribution is 9.10. The molecule has 18 heavy (non-hydrogen) atoms. The quantitative estimate of drug-likeness (QED) is 0.911. The minimum absolute atomic E-state index is 0.100. The number of hydrogen-bond acceptors (Lipinski definition) is 4. The van der Waals surface area contributed by atoms with Crippen molar-refractivity contribution >= 4 is 26.0 Å². The van der Waals surface area contributed by atoms with Gasteiger partial charge >= 0.3 is 0 Å². The molecule has 0 spiro atoms. The average molecular weight is 338 g/mol. The first-order chi connectivity index (χ1) is 8.48. The molecule has 0 aromatic carbocycles. The minimum Gasteiger partial charge on any atom is -0.450 e. The van der Waals surface area contributed by atoms with Crippen LogP contribution in [0.3, 0.4) is 0 Å². The van der Waals surface area contributed by atoms with Gasteiger partial charge in [-0.25, -0.2) is 8.42 Å². The van der Waals surface area contributed by atoms with Crippen molar-refractivity contribution in [2.75, 3.05) is 13.1 Å². The number of aliphatic hydroxyl groups excluding tert-OH is 1. The van der Waals surface area contributed by atoms with Gasteiger partial charge in [-0.3, -0.25) is 0 Å². The van der Waals surface area contributed by atoms with Crippen LogP contribution in [0.5, 0.6) is 0 Å². The number of rotatable bonds is 4. The third-order valence-electron chi connectivity index (χ3n) is 3.31. The van der Waals surface area contributed by atoms with Crippen molar-refractivity contribution in [3.63, 3.8) is 0 Å². The Hall–Kier alpha value is -0.370. The van der Waals surface area contributed by atoms with Crippen LogP contribution in [-0.4, -0.2) is 30.9 Å². The molecule has 7 heteroatoms. The van der Waals surface area contributed by atoms with Crippen LogP contribution in [0.15, 0.2) is 20.0 Å². The summed E-state index contributed by atoms with van der Waals surface area (Å²) in [6.07, 6.45) is 1.89. The van der Waals surface area contributed by atoms with E-state index in [1.165, 1.54) is 10.4 Å². The van der Waals surface area contributed by atoms with Gasteiger partial charge in [0.2, 0.25) is 10.0 Å². The van der Waals surface area contributed by atoms with E-state index in [9.17, 15) is 8.42 Å². The van der Waals surface area contributed by atoms with Crippen LogP contribution >= 0.6 is 15.9 Å². The molecular weight excluding hydrogens is 322 g/mol. The molecule has 1 aromatic rings. The fourth-order valence-corrected chi connectivity index (χ4v) is 4.63. The predicted molar refractivity (Wildman–Crippen MR) is 69.5 cm³/mol. The second kappa shape index (κ2) is 5.32. The summed E-state index contributed by atoms with van der Waals surface area (Å²) in [6.45, 7) is 2.86. The lowest BCUT2D eigenvalue weighted by Gasteiger charge is -2.15. The molecule has 2 rings (SSSR count). The van der Waals surface area contributed by atoms with E-state index in [0.717, 1.165) is 12.8 Å². The van der Waals surface area contributed by atoms with Gasteiger partial charge in [-0.15, -0.1) is 0 Å². The predicted octanol–water partition coefficient (Wildman–Crippen LogP) is 1.96. The summed E-state index contributed by atoms with van der Waals surface area (Å²) in [6, 6.07) is 1.37. The highest BCUT2D eigenvalue weighted by Crippen LogP contribution is 2.32. The first-order valence-corrected chi connectivity index (χ1v) is 8.11. The second-order valence-electron chi connectivity index (χ2n) is 4.43. The summed E-state index contributed by atoms with van der Waals surface area (Å²) < 4.78 is 31.6. The maximum Gasteiger partial charge on any atom is 0.247 e. The molecule has 0 amide bonds. The number of furan rings is 1. The number of sulfonamides is 1. The van der Waals surface area contributed by atoms with Crippen molar-refractivity contribution in [3.05, 3.63) is 16.5 Å². The molecule has 1 aliphatic rings. The van der Waals surface area contributed by atoms with Gasteiger partial charge < -0.3 is 9.52 Å². The third kappa shape index (κ3) is 2.49. The fourth-order valence-electron chi connectivity index (χ4n) is 2.14. The molecule has 5 nitrogen and oxygen atoms in total. The summed E-state index contributed by atoms with van der Waals surface area (Å²) in [5.41, 5.74) is 0. The van der Waals surface area contributed by atoms with E-state index >= 15 is 0 Å². The van der Waals surface area contributed by atoms with Gasteiger partial charge in [0.25, 0.3) is 0 Å². The molecule has 0 radical (unpaired) electrons. The monoisotopic (exact) mass is 337 g/mol. The Balaban J connectivity index is 2.28. The molecule has 0 saturated carbocycles. The number of nitrogens with zero attached hydrogens (tertiary/aromatic N) is 1. The third-order valence-corrected chi connectivity index (χ3v) is 6.03. The highest BCUT2D eigenvalue weighted by atomic mass is 79.9. The van der Waals surface area contributed by atoms with Crippen LogP contribution in [0.2, 0.25) is 0 Å². The van der Waals surface area contributed by atoms with Crippen molar-refractivity contribution in [1.82, 2.24) is 4.31 Å². The number of halogens is 1. The smallest absolute Gasteiger partial charge is 0.247 e. The van der Waals surface area contributed by atoms with Gasteiger partial charge in [-0.2, -0.15) is 4.31 Å². The zero-order chi connectivity index (χ0) is 13.3. The van der Waals surface area contributed by atoms with Crippen LogP contribution in [0.4, 0.5) is 0 Å². The SMILES string of the molecule is CCC1CCN(S(=O)(=O)c2cc(CO)oc2Br)C1. The molecule has 0 aliphatic carbocycles. The lowest BCUT2D eigenvalue weighted by atomic mass is 10.1. The average Bonchev–Trinajstić information content (AvgIpc) is 2.95. The Morgan fingerprint density at radius 3 is 2.83 bits per heavy atom. The lowest BCUT2D eigenvalue weighted by molar-refractivity contribution is 0.245. The topological polar surface area (TPSA) is 70.8 Å². The fraction of sp³-hybridized carbons (Fsp3) is 0.636. The standard InChI is InChI=1S/C11H16BrNO4S/c1-2-8-3-4-13(6-8)18(15,16)10-5-9(7-14)17-11(10)12/h5,8,14H,2-4,6-7H2,1H3. The first kappa shape index (κ1) is 14.0. The molecule has 1 saturated heterocycles. The maximum atomic E-state index is 12.4. The van der Waals surface area contributed by atoms with Crippen molar-refractivity contribution in [3.8, 4) is 0 Å². The zero-order valence-electron chi connectivity index (χ0n) is 10.1. The van der Waals surface area contributed by atoms with E-state index in [4.69, 9.17) is 9.52 Å². The second-order valence-corrected chi connectivity index (χ2v) is 7.06. The van der Waals surface area contributed by atoms with Gasteiger partial charge in [0, 0.05) is 19.2 Å². The van der Waals surface area contributed by atoms with Crippen molar-refractivity contribution in [2.45, 2.75) is 31.3 Å². The largest absolute Gasteiger partial charge is 0.450 e. The van der Waals surface area contributed by atoms with Gasteiger partial charge in [0.15, 0.2) is 4.67 Å². The van der Waals surface area contributed by atoms with E-state index in [2.05, 4.69) is 22.9 Å². The van der Waals surface area contributed by atoms with E-state index in [1.54, 1.807) is 0 Å². The summed E-state index contributed by atoms with van der Waals surface area (Å²) in [5.74, 6) is 0.675. The van der Waals surface area contributed by atoms with Crippen LogP contribution < -0.4 is 0 Å². The summed E-state index contributed by atoms with van der Waals surface area (Å²) >= 11 is 3.09. The van der Waals surface area contributed by atoms with Crippen molar-refractivity contribution < 1.29 is 17.9 Å². The molecule has 1 N–H and O–H groups in total. The first-order valence-electron chi connectivity index (χ1n) is 5.88. The Morgan fingerprint density at radius 1 is 1.61 bits per heavy atom. The van der Waals surface area contributed by atoms with Gasteiger partial charge in [0.05, 0.1) is 0 Å². The van der Waals surface area contributed by atoms with E-state index in [0.29, 0.717) is 19.0 Å². The summed E-state index contributed by atoms with van der Waals surface area (Å²) in [7, 11) is -3.52. The maximum absolute atomic E-state index is 12.4. The lowest BCUT2D eigenvalue weighted by Crippen LogP contribution is -2.28. The Labute approximate surface area is 115 Å². The minimum atomic E-state index is -3.52. The van der Waals surface area contributed by atoms with E-state index in [-0.39, 0.29) is 21.9 Å². The van der Waals surface area contributed by atoms with Crippen molar-refractivity contribution in [1.29, 1.82) is 0 Å². The van der Waals surface area contributed by atoms with Crippen LogP contribution in [0, 0.1) is 5.92 Å². The molecule has 102 valence electrons. The Morgan fingerprint density at radius 2 is 2.33 bits per heavy atom. The van der Waals surface area contributed by atoms with E-state index < -0.39 is 10.0 Å². The molecule has 2 heterocycles. The van der Waals surface area contributed by atoms with Gasteiger partial charge in [0.1, 0.15) is 17.3 Å². The normalized spacial score (nSPS) is 21.6. The molecule has 1 aliphatic heterocycles. The van der Waals surface area contributed by atoms with Crippen LogP contribution in [0.1, 0.15) is 25.5 Å². The molecule has 0 bridgehead atoms. The summed E-state index contributed by atoms with van der Waals surface area (Å²) in [5, 5.41) is 8.96.